The quantitative estimate of drug-likeness (QED) is 0.740. The molecule has 0 aromatic heterocycles. The van der Waals surface area contributed by atoms with Crippen molar-refractivity contribution in [1.82, 2.24) is 10.2 Å². The van der Waals surface area contributed by atoms with Crippen LogP contribution in [-0.2, 0) is 16.0 Å². The summed E-state index contributed by atoms with van der Waals surface area (Å²) in [7, 11) is 0. The van der Waals surface area contributed by atoms with Crippen LogP contribution in [0.4, 0.5) is 0 Å². The van der Waals surface area contributed by atoms with Gasteiger partial charge < -0.3 is 15.0 Å². The second kappa shape index (κ2) is 10.4. The molecule has 1 atom stereocenters. The fraction of sp³-hybridized carbons (Fsp3) is 0.364. The van der Waals surface area contributed by atoms with Crippen LogP contribution >= 0.6 is 0 Å². The van der Waals surface area contributed by atoms with E-state index in [4.69, 9.17) is 4.74 Å². The van der Waals surface area contributed by atoms with Crippen LogP contribution in [0.15, 0.2) is 54.6 Å². The van der Waals surface area contributed by atoms with Crippen molar-refractivity contribution >= 4 is 11.8 Å². The van der Waals surface area contributed by atoms with Crippen LogP contribution in [0.1, 0.15) is 25.0 Å². The summed E-state index contributed by atoms with van der Waals surface area (Å²) in [5.41, 5.74) is 2.25. The van der Waals surface area contributed by atoms with Gasteiger partial charge in [-0.1, -0.05) is 48.0 Å². The molecule has 5 heteroatoms. The predicted molar refractivity (Wildman–Crippen MR) is 107 cm³/mol. The Balaban J connectivity index is 2.03. The molecule has 0 aliphatic carbocycles. The molecule has 0 spiro atoms. The van der Waals surface area contributed by atoms with E-state index in [-0.39, 0.29) is 18.4 Å². The molecule has 2 rings (SSSR count). The second-order valence-corrected chi connectivity index (χ2v) is 6.50. The first-order valence-electron chi connectivity index (χ1n) is 9.31. The number of likely N-dealkylation sites (N-methyl/N-ethyl adjacent to an activating group) is 1. The molecule has 2 aromatic rings. The number of ether oxygens (including phenoxy) is 1. The maximum atomic E-state index is 12.8. The molecular formula is C22H28N2O3. The fourth-order valence-corrected chi connectivity index (χ4v) is 2.75. The summed E-state index contributed by atoms with van der Waals surface area (Å²) < 4.78 is 5.62. The lowest BCUT2D eigenvalue weighted by molar-refractivity contribution is -0.141. The molecule has 0 bridgehead atoms. The minimum Gasteiger partial charge on any atom is -0.484 e. The van der Waals surface area contributed by atoms with Gasteiger partial charge in [0.05, 0.1) is 0 Å². The monoisotopic (exact) mass is 368 g/mol. The molecule has 2 aromatic carbocycles. The summed E-state index contributed by atoms with van der Waals surface area (Å²) in [6, 6.07) is 16.9. The first-order chi connectivity index (χ1) is 13.0. The molecule has 0 radical (unpaired) electrons. The predicted octanol–water partition coefficient (Wildman–Crippen LogP) is 2.97. The zero-order valence-electron chi connectivity index (χ0n) is 16.3. The van der Waals surface area contributed by atoms with E-state index in [1.807, 2.05) is 68.4 Å². The van der Waals surface area contributed by atoms with Gasteiger partial charge in [0.1, 0.15) is 11.8 Å². The van der Waals surface area contributed by atoms with Crippen LogP contribution in [-0.4, -0.2) is 42.5 Å². The van der Waals surface area contributed by atoms with Gasteiger partial charge in [0.2, 0.25) is 5.91 Å². The van der Waals surface area contributed by atoms with Crippen LogP contribution in [0, 0.1) is 6.92 Å². The van der Waals surface area contributed by atoms with Crippen molar-refractivity contribution in [2.45, 2.75) is 33.2 Å². The lowest BCUT2D eigenvalue weighted by Gasteiger charge is -2.28. The Labute approximate surface area is 161 Å². The fourth-order valence-electron chi connectivity index (χ4n) is 2.75. The number of nitrogens with one attached hydrogen (secondary N) is 1. The van der Waals surface area contributed by atoms with Crippen LogP contribution in [0.5, 0.6) is 5.75 Å². The van der Waals surface area contributed by atoms with E-state index >= 15 is 0 Å². The normalized spacial score (nSPS) is 11.5. The number of rotatable bonds is 9. The van der Waals surface area contributed by atoms with E-state index in [1.54, 1.807) is 11.8 Å². The zero-order valence-corrected chi connectivity index (χ0v) is 16.3. The number of carbonyl (C=O) groups is 2. The first kappa shape index (κ1) is 20.5. The van der Waals surface area contributed by atoms with Crippen LogP contribution < -0.4 is 10.1 Å². The highest BCUT2D eigenvalue weighted by molar-refractivity contribution is 5.87. The third kappa shape index (κ3) is 6.44. The number of hydrogen-bond donors (Lipinski definition) is 1. The highest BCUT2D eigenvalue weighted by atomic mass is 16.5. The van der Waals surface area contributed by atoms with E-state index in [1.165, 1.54) is 0 Å². The molecule has 0 saturated heterocycles. The Bertz CT molecular complexity index is 729. The molecule has 0 unspecified atom stereocenters. The average Bonchev–Trinajstić information content (AvgIpc) is 2.68. The molecule has 0 fully saturated rings. The molecule has 0 aliphatic rings. The maximum Gasteiger partial charge on any atom is 0.261 e. The molecule has 0 heterocycles. The van der Waals surface area contributed by atoms with Gasteiger partial charge in [-0.15, -0.1) is 0 Å². The molecule has 0 aliphatic heterocycles. The van der Waals surface area contributed by atoms with Gasteiger partial charge in [-0.2, -0.15) is 0 Å². The van der Waals surface area contributed by atoms with Crippen molar-refractivity contribution < 1.29 is 14.3 Å². The Kier molecular flexibility index (Phi) is 7.86. The van der Waals surface area contributed by atoms with E-state index in [0.29, 0.717) is 25.3 Å². The van der Waals surface area contributed by atoms with Crippen molar-refractivity contribution in [2.75, 3.05) is 19.7 Å². The Morgan fingerprint density at radius 3 is 2.37 bits per heavy atom. The topological polar surface area (TPSA) is 58.6 Å². The van der Waals surface area contributed by atoms with Crippen LogP contribution in [0.25, 0.3) is 0 Å². The smallest absolute Gasteiger partial charge is 0.261 e. The Hall–Kier alpha value is -2.82. The third-order valence-corrected chi connectivity index (χ3v) is 4.39. The molecule has 144 valence electrons. The minimum atomic E-state index is -0.553. The van der Waals surface area contributed by atoms with E-state index in [0.717, 1.165) is 11.1 Å². The average molecular weight is 368 g/mol. The van der Waals surface area contributed by atoms with Gasteiger partial charge in [-0.25, -0.2) is 0 Å². The number of hydrogen-bond acceptors (Lipinski definition) is 3. The van der Waals surface area contributed by atoms with Gasteiger partial charge in [-0.3, -0.25) is 9.59 Å². The minimum absolute atomic E-state index is 0.0956. The molecule has 5 nitrogen and oxygen atoms in total. The van der Waals surface area contributed by atoms with E-state index in [9.17, 15) is 9.59 Å². The van der Waals surface area contributed by atoms with Crippen LogP contribution in [0.3, 0.4) is 0 Å². The summed E-state index contributed by atoms with van der Waals surface area (Å²) in [5.74, 6) is 0.280. The summed E-state index contributed by atoms with van der Waals surface area (Å²) in [6.45, 7) is 6.50. The first-order valence-corrected chi connectivity index (χ1v) is 9.31. The largest absolute Gasteiger partial charge is 0.484 e. The number of carbonyl (C=O) groups excluding carboxylic acids is 2. The number of nitrogens with zero attached hydrogens (tertiary/aromatic N) is 1. The number of aryl methyl sites for hydroxylation is 1. The second-order valence-electron chi connectivity index (χ2n) is 6.50. The summed E-state index contributed by atoms with van der Waals surface area (Å²) in [6.07, 6.45) is 0.681. The lowest BCUT2D eigenvalue weighted by atomic mass is 10.1. The highest BCUT2D eigenvalue weighted by Crippen LogP contribution is 2.12. The van der Waals surface area contributed by atoms with E-state index in [2.05, 4.69) is 5.32 Å². The van der Waals surface area contributed by atoms with Crippen molar-refractivity contribution in [3.05, 3.63) is 65.7 Å². The van der Waals surface area contributed by atoms with Crippen molar-refractivity contribution in [2.24, 2.45) is 0 Å². The standard InChI is InChI=1S/C22H28N2O3/c1-4-23-22(26)18(3)24(15-14-19-8-6-5-7-9-19)21(25)16-27-20-12-10-17(2)11-13-20/h5-13,18H,4,14-16H2,1-3H3,(H,23,26)/t18-/m0/s1. The molecule has 27 heavy (non-hydrogen) atoms. The molecule has 2 amide bonds. The number of amides is 2. The SMILES string of the molecule is CCNC(=O)[C@H](C)N(CCc1ccccc1)C(=O)COc1ccc(C)cc1. The molecular weight excluding hydrogens is 340 g/mol. The van der Waals surface area contributed by atoms with Gasteiger partial charge >= 0.3 is 0 Å². The van der Waals surface area contributed by atoms with Gasteiger partial charge in [-0.05, 0) is 44.9 Å². The summed E-state index contributed by atoms with van der Waals surface area (Å²) in [4.78, 5) is 26.6. The van der Waals surface area contributed by atoms with Crippen molar-refractivity contribution in [3.8, 4) is 5.75 Å². The van der Waals surface area contributed by atoms with Gasteiger partial charge in [0, 0.05) is 13.1 Å². The van der Waals surface area contributed by atoms with Crippen LogP contribution in [0.2, 0.25) is 0 Å². The third-order valence-electron chi connectivity index (χ3n) is 4.39. The molecule has 0 saturated carbocycles. The summed E-state index contributed by atoms with van der Waals surface area (Å²) in [5, 5.41) is 2.79. The Morgan fingerprint density at radius 2 is 1.74 bits per heavy atom. The van der Waals surface area contributed by atoms with Crippen molar-refractivity contribution in [3.63, 3.8) is 0 Å². The lowest BCUT2D eigenvalue weighted by Crippen LogP contribution is -2.50. The highest BCUT2D eigenvalue weighted by Gasteiger charge is 2.25. The number of benzene rings is 2. The Morgan fingerprint density at radius 1 is 1.07 bits per heavy atom. The van der Waals surface area contributed by atoms with E-state index < -0.39 is 6.04 Å². The molecule has 1 N–H and O–H groups in total. The summed E-state index contributed by atoms with van der Waals surface area (Å²) >= 11 is 0. The zero-order chi connectivity index (χ0) is 19.6. The van der Waals surface area contributed by atoms with Crippen molar-refractivity contribution in [1.29, 1.82) is 0 Å². The maximum absolute atomic E-state index is 12.8. The van der Waals surface area contributed by atoms with Gasteiger partial charge in [0.25, 0.3) is 5.91 Å². The van der Waals surface area contributed by atoms with Gasteiger partial charge in [0.15, 0.2) is 6.61 Å².